The Bertz CT molecular complexity index is 1000. The Labute approximate surface area is 191 Å². The van der Waals surface area contributed by atoms with E-state index in [0.717, 1.165) is 55.7 Å². The number of benzene rings is 1. The van der Waals surface area contributed by atoms with Gasteiger partial charge in [-0.05, 0) is 69.0 Å². The Kier molecular flexibility index (Phi) is 6.69. The first-order chi connectivity index (χ1) is 15.4. The van der Waals surface area contributed by atoms with Gasteiger partial charge in [0.2, 0.25) is 11.8 Å². The van der Waals surface area contributed by atoms with Crippen LogP contribution in [-0.4, -0.2) is 35.1 Å². The Morgan fingerprint density at radius 1 is 1.12 bits per heavy atom. The second-order valence-electron chi connectivity index (χ2n) is 8.84. The van der Waals surface area contributed by atoms with Gasteiger partial charge in [0, 0.05) is 22.4 Å². The molecule has 0 unspecified atom stereocenters. The third kappa shape index (κ3) is 5.41. The van der Waals surface area contributed by atoms with Crippen LogP contribution in [0.4, 0.5) is 4.39 Å². The predicted octanol–water partition coefficient (Wildman–Crippen LogP) is 4.69. The number of ether oxygens (including phenoxy) is 1. The summed E-state index contributed by atoms with van der Waals surface area (Å²) in [6.07, 6.45) is 8.03. The van der Waals surface area contributed by atoms with E-state index in [9.17, 15) is 14.0 Å². The molecule has 0 saturated heterocycles. The number of nitrogens with one attached hydrogen (secondary N) is 2. The minimum Gasteiger partial charge on any atom is -0.438 e. The van der Waals surface area contributed by atoms with Gasteiger partial charge in [0.1, 0.15) is 17.1 Å². The molecule has 2 aliphatic rings. The van der Waals surface area contributed by atoms with Crippen molar-refractivity contribution in [2.75, 3.05) is 6.26 Å². The second-order valence-corrected chi connectivity index (χ2v) is 9.72. The molecule has 1 aromatic carbocycles. The maximum atomic E-state index is 13.9. The number of thioether (sulfide) groups is 1. The summed E-state index contributed by atoms with van der Waals surface area (Å²) in [7, 11) is 0. The molecular weight excluding hydrogens is 429 g/mol. The first-order valence-electron chi connectivity index (χ1n) is 11.0. The zero-order valence-electron chi connectivity index (χ0n) is 18.3. The summed E-state index contributed by atoms with van der Waals surface area (Å²) in [5.41, 5.74) is -0.113. The van der Waals surface area contributed by atoms with Crippen LogP contribution in [-0.2, 0) is 4.79 Å². The molecule has 0 radical (unpaired) electrons. The second kappa shape index (κ2) is 9.48. The zero-order valence-corrected chi connectivity index (χ0v) is 19.1. The van der Waals surface area contributed by atoms with Gasteiger partial charge in [0.15, 0.2) is 0 Å². The summed E-state index contributed by atoms with van der Waals surface area (Å²) < 4.78 is 19.7. The average molecular weight is 458 g/mol. The number of aromatic nitrogens is 1. The normalized spacial score (nSPS) is 21.5. The molecule has 2 fully saturated rings. The summed E-state index contributed by atoms with van der Waals surface area (Å²) >= 11 is 1.57. The first kappa shape index (κ1) is 22.6. The van der Waals surface area contributed by atoms with Crippen LogP contribution < -0.4 is 15.4 Å². The van der Waals surface area contributed by atoms with Crippen molar-refractivity contribution in [3.8, 4) is 11.6 Å². The number of pyridine rings is 1. The fourth-order valence-corrected chi connectivity index (χ4v) is 4.32. The summed E-state index contributed by atoms with van der Waals surface area (Å²) in [4.78, 5) is 30.2. The summed E-state index contributed by atoms with van der Waals surface area (Å²) in [6.45, 7) is 2.00. The van der Waals surface area contributed by atoms with Crippen molar-refractivity contribution in [3.05, 3.63) is 47.9 Å². The highest BCUT2D eigenvalue weighted by Gasteiger charge is 2.45. The summed E-state index contributed by atoms with van der Waals surface area (Å²) in [5.74, 6) is -0.263. The van der Waals surface area contributed by atoms with Crippen LogP contribution in [0.25, 0.3) is 0 Å². The SMILES string of the molecule is CSc1cccc(Oc2ncc(F)cc2C(=O)NC2CCC(NC(=O)C3(C)CC3)CC2)c1. The minimum absolute atomic E-state index is 0.0388. The van der Waals surface area contributed by atoms with E-state index in [4.69, 9.17) is 4.74 Å². The van der Waals surface area contributed by atoms with E-state index in [2.05, 4.69) is 15.6 Å². The van der Waals surface area contributed by atoms with Crippen molar-refractivity contribution in [1.82, 2.24) is 15.6 Å². The van der Waals surface area contributed by atoms with E-state index in [0.29, 0.717) is 5.75 Å². The molecule has 0 spiro atoms. The van der Waals surface area contributed by atoms with Crippen molar-refractivity contribution < 1.29 is 18.7 Å². The minimum atomic E-state index is -0.597. The molecule has 6 nitrogen and oxygen atoms in total. The standard InChI is InChI=1S/C24H28FN3O3S/c1-24(10-11-24)23(30)28-17-8-6-16(7-9-17)27-21(29)20-12-15(25)14-26-22(20)31-18-4-3-5-19(13-18)32-2/h3-5,12-14,16-17H,6-11H2,1-2H3,(H,27,29)(H,28,30). The molecule has 0 aliphatic heterocycles. The number of hydrogen-bond donors (Lipinski definition) is 2. The van der Waals surface area contributed by atoms with E-state index >= 15 is 0 Å². The molecule has 1 aromatic heterocycles. The van der Waals surface area contributed by atoms with Crippen LogP contribution >= 0.6 is 11.8 Å². The Morgan fingerprint density at radius 2 is 1.81 bits per heavy atom. The number of carbonyl (C=O) groups is 2. The number of carbonyl (C=O) groups excluding carboxylic acids is 2. The molecule has 0 bridgehead atoms. The van der Waals surface area contributed by atoms with Gasteiger partial charge < -0.3 is 15.4 Å². The molecule has 170 valence electrons. The average Bonchev–Trinajstić information content (AvgIpc) is 3.55. The number of nitrogens with zero attached hydrogens (tertiary/aromatic N) is 1. The lowest BCUT2D eigenvalue weighted by atomic mass is 9.90. The van der Waals surface area contributed by atoms with Crippen LogP contribution in [0.15, 0.2) is 41.4 Å². The fraction of sp³-hybridized carbons (Fsp3) is 0.458. The van der Waals surface area contributed by atoms with Gasteiger partial charge >= 0.3 is 0 Å². The van der Waals surface area contributed by atoms with Gasteiger partial charge in [0.05, 0.1) is 6.20 Å². The highest BCUT2D eigenvalue weighted by molar-refractivity contribution is 7.98. The number of amides is 2. The van der Waals surface area contributed by atoms with Gasteiger partial charge in [-0.1, -0.05) is 13.0 Å². The summed E-state index contributed by atoms with van der Waals surface area (Å²) in [6, 6.07) is 8.67. The van der Waals surface area contributed by atoms with Gasteiger partial charge in [-0.3, -0.25) is 9.59 Å². The Morgan fingerprint density at radius 3 is 2.47 bits per heavy atom. The van der Waals surface area contributed by atoms with Crippen LogP contribution in [0.3, 0.4) is 0 Å². The van der Waals surface area contributed by atoms with Crippen molar-refractivity contribution in [2.45, 2.75) is 62.4 Å². The zero-order chi connectivity index (χ0) is 22.7. The molecule has 2 saturated carbocycles. The molecule has 8 heteroatoms. The predicted molar refractivity (Wildman–Crippen MR) is 121 cm³/mol. The van der Waals surface area contributed by atoms with E-state index < -0.39 is 11.7 Å². The molecule has 2 amide bonds. The van der Waals surface area contributed by atoms with Gasteiger partial charge in [-0.25, -0.2) is 9.37 Å². The van der Waals surface area contributed by atoms with Crippen molar-refractivity contribution >= 4 is 23.6 Å². The number of halogens is 1. The van der Waals surface area contributed by atoms with E-state index in [-0.39, 0.29) is 34.8 Å². The number of hydrogen-bond acceptors (Lipinski definition) is 5. The van der Waals surface area contributed by atoms with Crippen LogP contribution in [0, 0.1) is 11.2 Å². The van der Waals surface area contributed by atoms with Crippen LogP contribution in [0.5, 0.6) is 11.6 Å². The monoisotopic (exact) mass is 457 g/mol. The largest absolute Gasteiger partial charge is 0.438 e. The molecule has 2 aromatic rings. The molecule has 2 N–H and O–H groups in total. The summed E-state index contributed by atoms with van der Waals surface area (Å²) in [5, 5.41) is 6.13. The van der Waals surface area contributed by atoms with Gasteiger partial charge in [-0.2, -0.15) is 0 Å². The van der Waals surface area contributed by atoms with Crippen molar-refractivity contribution in [1.29, 1.82) is 0 Å². The molecular formula is C24H28FN3O3S. The molecule has 2 aliphatic carbocycles. The number of rotatable bonds is 7. The molecule has 0 atom stereocenters. The topological polar surface area (TPSA) is 80.3 Å². The lowest BCUT2D eigenvalue weighted by Crippen LogP contribution is -2.45. The highest BCUT2D eigenvalue weighted by atomic mass is 32.2. The van der Waals surface area contributed by atoms with Crippen molar-refractivity contribution in [3.63, 3.8) is 0 Å². The van der Waals surface area contributed by atoms with Crippen LogP contribution in [0.1, 0.15) is 55.8 Å². The maximum absolute atomic E-state index is 13.9. The smallest absolute Gasteiger partial charge is 0.257 e. The third-order valence-corrected chi connectivity index (χ3v) is 6.99. The molecule has 4 rings (SSSR count). The van der Waals surface area contributed by atoms with Crippen LogP contribution in [0.2, 0.25) is 0 Å². The van der Waals surface area contributed by atoms with Crippen molar-refractivity contribution in [2.24, 2.45) is 5.41 Å². The Balaban J connectivity index is 1.37. The Hall–Kier alpha value is -2.61. The lowest BCUT2D eigenvalue weighted by molar-refractivity contribution is -0.126. The lowest BCUT2D eigenvalue weighted by Gasteiger charge is -2.30. The highest BCUT2D eigenvalue weighted by Crippen LogP contribution is 2.45. The van der Waals surface area contributed by atoms with E-state index in [1.54, 1.807) is 17.8 Å². The molecule has 1 heterocycles. The van der Waals surface area contributed by atoms with Gasteiger partial charge in [0.25, 0.3) is 5.91 Å². The first-order valence-corrected chi connectivity index (χ1v) is 12.2. The quantitative estimate of drug-likeness (QED) is 0.590. The fourth-order valence-electron chi connectivity index (χ4n) is 3.87. The maximum Gasteiger partial charge on any atom is 0.257 e. The molecule has 32 heavy (non-hydrogen) atoms. The van der Waals surface area contributed by atoms with E-state index in [1.165, 1.54) is 0 Å². The van der Waals surface area contributed by atoms with Gasteiger partial charge in [-0.15, -0.1) is 11.8 Å². The third-order valence-electron chi connectivity index (χ3n) is 6.26. The van der Waals surface area contributed by atoms with E-state index in [1.807, 2.05) is 31.4 Å².